The molecule has 1 fully saturated rings. The van der Waals surface area contributed by atoms with Gasteiger partial charge in [-0.15, -0.1) is 0 Å². The number of ether oxygens (including phenoxy) is 1. The van der Waals surface area contributed by atoms with Crippen molar-refractivity contribution in [2.24, 2.45) is 0 Å². The van der Waals surface area contributed by atoms with E-state index >= 15 is 0 Å². The second kappa shape index (κ2) is 7.69. The minimum Gasteiger partial charge on any atom is -0.480 e. The third-order valence-corrected chi connectivity index (χ3v) is 4.51. The average molecular weight is 346 g/mol. The number of rotatable bonds is 6. The molecule has 0 bridgehead atoms. The van der Waals surface area contributed by atoms with Crippen molar-refractivity contribution in [3.8, 4) is 11.5 Å². The molecule has 1 N–H and O–H groups in total. The molecule has 24 heavy (non-hydrogen) atoms. The Morgan fingerprint density at radius 1 is 1.17 bits per heavy atom. The van der Waals surface area contributed by atoms with E-state index in [1.54, 1.807) is 18.2 Å². The molecule has 4 nitrogen and oxygen atoms in total. The van der Waals surface area contributed by atoms with Crippen molar-refractivity contribution in [1.29, 1.82) is 0 Å². The van der Waals surface area contributed by atoms with E-state index in [1.807, 2.05) is 35.2 Å². The summed E-state index contributed by atoms with van der Waals surface area (Å²) in [5.74, 6) is 0.563. The molecular weight excluding hydrogens is 326 g/mol. The molecule has 0 radical (unpaired) electrons. The maximum absolute atomic E-state index is 11.7. The maximum atomic E-state index is 11.7. The van der Waals surface area contributed by atoms with Crippen LogP contribution in [0.15, 0.2) is 48.5 Å². The summed E-state index contributed by atoms with van der Waals surface area (Å²) in [6.45, 7) is 1.65. The number of carbonyl (C=O) groups is 1. The van der Waals surface area contributed by atoms with Gasteiger partial charge in [0.1, 0.15) is 17.5 Å². The van der Waals surface area contributed by atoms with Crippen LogP contribution in [0.25, 0.3) is 0 Å². The van der Waals surface area contributed by atoms with Crippen LogP contribution >= 0.6 is 11.6 Å². The molecule has 126 valence electrons. The summed E-state index contributed by atoms with van der Waals surface area (Å²) in [7, 11) is 0. The molecule has 0 aromatic heterocycles. The molecule has 3 rings (SSSR count). The molecule has 1 saturated heterocycles. The Kier molecular flexibility index (Phi) is 5.38. The van der Waals surface area contributed by atoms with Crippen LogP contribution in [0.1, 0.15) is 18.4 Å². The molecule has 2 aromatic rings. The largest absolute Gasteiger partial charge is 0.480 e. The second-order valence-electron chi connectivity index (χ2n) is 5.97. The van der Waals surface area contributed by atoms with Gasteiger partial charge in [0.15, 0.2) is 0 Å². The lowest BCUT2D eigenvalue weighted by Crippen LogP contribution is -2.40. The monoisotopic (exact) mass is 345 g/mol. The minimum atomic E-state index is -0.803. The van der Waals surface area contributed by atoms with Crippen LogP contribution in [0.4, 0.5) is 0 Å². The summed E-state index contributed by atoms with van der Waals surface area (Å²) < 4.78 is 5.94. The molecule has 1 aliphatic heterocycles. The highest BCUT2D eigenvalue weighted by atomic mass is 35.5. The number of carboxylic acid groups (broad SMARTS) is 1. The number of para-hydroxylation sites is 1. The molecule has 0 spiro atoms. The molecular formula is C19H20ClNO3. The molecule has 0 aliphatic carbocycles. The zero-order chi connectivity index (χ0) is 16.9. The van der Waals surface area contributed by atoms with Gasteiger partial charge in [-0.05, 0) is 61.8 Å². The first-order valence-electron chi connectivity index (χ1n) is 8.11. The lowest BCUT2D eigenvalue weighted by Gasteiger charge is -2.24. The van der Waals surface area contributed by atoms with E-state index in [1.165, 1.54) is 0 Å². The molecule has 0 saturated carbocycles. The Balaban J connectivity index is 1.85. The number of aliphatic carboxylic acids is 1. The number of carboxylic acids is 1. The van der Waals surface area contributed by atoms with E-state index in [-0.39, 0.29) is 0 Å². The van der Waals surface area contributed by atoms with Crippen molar-refractivity contribution >= 4 is 17.6 Å². The van der Waals surface area contributed by atoms with Gasteiger partial charge in [0.05, 0.1) is 0 Å². The van der Waals surface area contributed by atoms with Gasteiger partial charge >= 0.3 is 5.97 Å². The molecule has 0 amide bonds. The highest BCUT2D eigenvalue weighted by Crippen LogP contribution is 2.30. The SMILES string of the molecule is O=C(O)[C@@H](Cc1cc(Cl)ccc1Oc1ccccc1)N1CCCC1. The van der Waals surface area contributed by atoms with Gasteiger partial charge in [0, 0.05) is 11.4 Å². The summed E-state index contributed by atoms with van der Waals surface area (Å²) in [5, 5.41) is 10.2. The number of hydrogen-bond donors (Lipinski definition) is 1. The summed E-state index contributed by atoms with van der Waals surface area (Å²) in [6.07, 6.45) is 2.47. The summed E-state index contributed by atoms with van der Waals surface area (Å²) >= 11 is 6.13. The Bertz CT molecular complexity index is 699. The fourth-order valence-corrected chi connectivity index (χ4v) is 3.25. The molecule has 1 aliphatic rings. The number of halogens is 1. The fourth-order valence-electron chi connectivity index (χ4n) is 3.06. The van der Waals surface area contributed by atoms with Crippen LogP contribution < -0.4 is 4.74 Å². The average Bonchev–Trinajstić information content (AvgIpc) is 3.09. The molecule has 2 aromatic carbocycles. The molecule has 1 heterocycles. The van der Waals surface area contributed by atoms with Gasteiger partial charge in [0.2, 0.25) is 0 Å². The van der Waals surface area contributed by atoms with Crippen LogP contribution in [0.2, 0.25) is 5.02 Å². The van der Waals surface area contributed by atoms with Crippen LogP contribution in [0, 0.1) is 0 Å². The Morgan fingerprint density at radius 2 is 1.88 bits per heavy atom. The summed E-state index contributed by atoms with van der Waals surface area (Å²) in [5.41, 5.74) is 0.811. The van der Waals surface area contributed by atoms with Crippen molar-refractivity contribution in [1.82, 2.24) is 4.90 Å². The Labute approximate surface area is 146 Å². The highest BCUT2D eigenvalue weighted by Gasteiger charge is 2.29. The smallest absolute Gasteiger partial charge is 0.321 e. The van der Waals surface area contributed by atoms with Crippen molar-refractivity contribution in [3.05, 3.63) is 59.1 Å². The fraction of sp³-hybridized carbons (Fsp3) is 0.316. The molecule has 0 unspecified atom stereocenters. The number of likely N-dealkylation sites (tertiary alicyclic amines) is 1. The van der Waals surface area contributed by atoms with Crippen LogP contribution in [0.5, 0.6) is 11.5 Å². The topological polar surface area (TPSA) is 49.8 Å². The number of benzene rings is 2. The quantitative estimate of drug-likeness (QED) is 0.851. The zero-order valence-electron chi connectivity index (χ0n) is 13.3. The Morgan fingerprint density at radius 3 is 2.54 bits per heavy atom. The van der Waals surface area contributed by atoms with Gasteiger partial charge in [-0.2, -0.15) is 0 Å². The van der Waals surface area contributed by atoms with E-state index < -0.39 is 12.0 Å². The van der Waals surface area contributed by atoms with E-state index in [2.05, 4.69) is 0 Å². The molecule has 5 heteroatoms. The van der Waals surface area contributed by atoms with Crippen LogP contribution in [-0.4, -0.2) is 35.1 Å². The standard InChI is InChI=1S/C19H20ClNO3/c20-15-8-9-18(24-16-6-2-1-3-7-16)14(12-15)13-17(19(22)23)21-10-4-5-11-21/h1-3,6-9,12,17H,4-5,10-11,13H2,(H,22,23)/t17-/m1/s1. The van der Waals surface area contributed by atoms with E-state index in [9.17, 15) is 9.90 Å². The third kappa shape index (κ3) is 4.08. The predicted molar refractivity (Wildman–Crippen MR) is 93.9 cm³/mol. The maximum Gasteiger partial charge on any atom is 0.321 e. The lowest BCUT2D eigenvalue weighted by atomic mass is 10.0. The van der Waals surface area contributed by atoms with Gasteiger partial charge in [-0.3, -0.25) is 9.69 Å². The zero-order valence-corrected chi connectivity index (χ0v) is 14.1. The van der Waals surface area contributed by atoms with Crippen molar-refractivity contribution < 1.29 is 14.6 Å². The Hall–Kier alpha value is -2.04. The number of nitrogens with zero attached hydrogens (tertiary/aromatic N) is 1. The van der Waals surface area contributed by atoms with Crippen LogP contribution in [-0.2, 0) is 11.2 Å². The van der Waals surface area contributed by atoms with E-state index in [4.69, 9.17) is 16.3 Å². The van der Waals surface area contributed by atoms with Crippen molar-refractivity contribution in [2.45, 2.75) is 25.3 Å². The molecule has 1 atom stereocenters. The first-order valence-corrected chi connectivity index (χ1v) is 8.49. The van der Waals surface area contributed by atoms with E-state index in [0.717, 1.165) is 31.5 Å². The highest BCUT2D eigenvalue weighted by molar-refractivity contribution is 6.30. The van der Waals surface area contributed by atoms with Gasteiger partial charge in [-0.1, -0.05) is 29.8 Å². The summed E-state index contributed by atoms with van der Waals surface area (Å²) in [4.78, 5) is 13.8. The lowest BCUT2D eigenvalue weighted by molar-refractivity contribution is -0.142. The predicted octanol–water partition coefficient (Wildman–Crippen LogP) is 4.22. The third-order valence-electron chi connectivity index (χ3n) is 4.27. The van der Waals surface area contributed by atoms with Gasteiger partial charge in [-0.25, -0.2) is 0 Å². The summed E-state index contributed by atoms with van der Waals surface area (Å²) in [6, 6.07) is 14.3. The van der Waals surface area contributed by atoms with Crippen molar-refractivity contribution in [2.75, 3.05) is 13.1 Å². The first kappa shape index (κ1) is 16.8. The van der Waals surface area contributed by atoms with E-state index in [0.29, 0.717) is 22.9 Å². The van der Waals surface area contributed by atoms with Gasteiger partial charge < -0.3 is 9.84 Å². The normalized spacial score (nSPS) is 16.0. The first-order chi connectivity index (χ1) is 11.6. The minimum absolute atomic E-state index is 0.373. The second-order valence-corrected chi connectivity index (χ2v) is 6.40. The van der Waals surface area contributed by atoms with Gasteiger partial charge in [0.25, 0.3) is 0 Å². The number of hydrogen-bond acceptors (Lipinski definition) is 3. The van der Waals surface area contributed by atoms with Crippen LogP contribution in [0.3, 0.4) is 0 Å². The van der Waals surface area contributed by atoms with Crippen molar-refractivity contribution in [3.63, 3.8) is 0 Å².